The van der Waals surface area contributed by atoms with Crippen LogP contribution in [0.4, 0.5) is 10.6 Å². The molecule has 0 bridgehead atoms. The molecular weight excluding hydrogens is 508 g/mol. The van der Waals surface area contributed by atoms with Crippen LogP contribution in [0.3, 0.4) is 0 Å². The normalized spacial score (nSPS) is 20.3. The van der Waals surface area contributed by atoms with Crippen LogP contribution in [0.15, 0.2) is 16.9 Å². The van der Waals surface area contributed by atoms with Crippen LogP contribution in [0.25, 0.3) is 22.7 Å². The van der Waals surface area contributed by atoms with E-state index in [1.807, 2.05) is 19.9 Å². The maximum atomic E-state index is 12.7. The van der Waals surface area contributed by atoms with Gasteiger partial charge in [-0.2, -0.15) is 0 Å². The fraction of sp³-hybridized carbons (Fsp3) is 0.586. The number of H-pyrrole nitrogens is 1. The number of hydrogen-bond acceptors (Lipinski definition) is 7. The Balaban J connectivity index is 1.69. The Bertz CT molecular complexity index is 1460. The number of carbonyl (C=O) groups is 1. The maximum absolute atomic E-state index is 12.7. The molecule has 5 rings (SSSR count). The van der Waals surface area contributed by atoms with E-state index in [9.17, 15) is 14.7 Å². The first kappa shape index (κ1) is 27.8. The number of amidine groups is 1. The standard InChI is InChI=1S/C29H40N8O3/c1-15(2)20-12-21(32-22(38)13-20)28-36-26-23(37(28)14-18-10-8-16(3)9-11-18)25(31-17(4)19-6-5-7-19)34-27(35-26)24(30)33-29(39)40/h12-13,15-19H,5-11,14H2,1-4H3,(H2,30,33)(H,32,38)(H,39,40)(H,31,34,35)/t16?,17-,18?/m1/s1. The van der Waals surface area contributed by atoms with Crippen molar-refractivity contribution in [2.24, 2.45) is 17.8 Å². The minimum Gasteiger partial charge on any atom is -0.465 e. The van der Waals surface area contributed by atoms with Crippen molar-refractivity contribution in [3.63, 3.8) is 0 Å². The Morgan fingerprint density at radius 2 is 1.85 bits per heavy atom. The summed E-state index contributed by atoms with van der Waals surface area (Å²) in [6, 6.07) is 3.72. The molecule has 3 aromatic heterocycles. The zero-order valence-corrected chi connectivity index (χ0v) is 23.8. The number of rotatable bonds is 8. The van der Waals surface area contributed by atoms with Crippen LogP contribution < -0.4 is 16.2 Å². The topological polar surface area (TPSA) is 162 Å². The van der Waals surface area contributed by atoms with Crippen molar-refractivity contribution >= 4 is 28.9 Å². The van der Waals surface area contributed by atoms with Gasteiger partial charge in [0.2, 0.25) is 5.56 Å². The number of aromatic amines is 1. The Kier molecular flexibility index (Phi) is 7.91. The summed E-state index contributed by atoms with van der Waals surface area (Å²) in [5.41, 5.74) is 2.40. The van der Waals surface area contributed by atoms with Crippen molar-refractivity contribution in [2.75, 3.05) is 5.32 Å². The van der Waals surface area contributed by atoms with E-state index in [1.54, 1.807) is 6.07 Å². The molecule has 1 atom stereocenters. The highest BCUT2D eigenvalue weighted by Crippen LogP contribution is 2.36. The van der Waals surface area contributed by atoms with Gasteiger partial charge in [0.25, 0.3) is 0 Å². The van der Waals surface area contributed by atoms with Gasteiger partial charge < -0.3 is 20.0 Å². The molecule has 0 aromatic carbocycles. The zero-order chi connectivity index (χ0) is 28.6. The summed E-state index contributed by atoms with van der Waals surface area (Å²) >= 11 is 0. The van der Waals surface area contributed by atoms with E-state index in [0.29, 0.717) is 52.8 Å². The number of nitrogens with zero attached hydrogens (tertiary/aromatic N) is 4. The first-order valence-electron chi connectivity index (χ1n) is 14.5. The lowest BCUT2D eigenvalue weighted by Crippen LogP contribution is -2.33. The maximum Gasteiger partial charge on any atom is 0.410 e. The van der Waals surface area contributed by atoms with Crippen molar-refractivity contribution < 1.29 is 9.90 Å². The van der Waals surface area contributed by atoms with Gasteiger partial charge in [0.15, 0.2) is 28.9 Å². The van der Waals surface area contributed by atoms with Gasteiger partial charge in [0.05, 0.1) is 5.69 Å². The first-order chi connectivity index (χ1) is 19.1. The van der Waals surface area contributed by atoms with Crippen molar-refractivity contribution in [3.05, 3.63) is 33.9 Å². The Morgan fingerprint density at radius 3 is 2.48 bits per heavy atom. The summed E-state index contributed by atoms with van der Waals surface area (Å²) in [6.45, 7) is 9.23. The molecule has 11 heteroatoms. The SMILES string of the molecule is CC1CCC(Cn2c(-c3cc(C(C)C)cc(=O)[nH]3)nc3nc(C(=N)NC(=O)O)nc(N[C@H](C)C4CCC4)c32)CC1. The van der Waals surface area contributed by atoms with Crippen molar-refractivity contribution in [2.45, 2.75) is 91.1 Å². The molecular formula is C29H40N8O3. The van der Waals surface area contributed by atoms with Gasteiger partial charge in [-0.3, -0.25) is 15.5 Å². The smallest absolute Gasteiger partial charge is 0.410 e. The first-order valence-corrected chi connectivity index (χ1v) is 14.5. The van der Waals surface area contributed by atoms with E-state index in [0.717, 1.165) is 31.2 Å². The number of carboxylic acid groups (broad SMARTS) is 1. The lowest BCUT2D eigenvalue weighted by molar-refractivity contribution is 0.200. The number of imidazole rings is 1. The van der Waals surface area contributed by atoms with Crippen molar-refractivity contribution in [1.29, 1.82) is 5.41 Å². The molecule has 11 nitrogen and oxygen atoms in total. The van der Waals surface area contributed by atoms with Crippen LogP contribution in [0.1, 0.15) is 89.9 Å². The Morgan fingerprint density at radius 1 is 1.12 bits per heavy atom. The molecule has 0 aliphatic heterocycles. The molecule has 2 aliphatic rings. The molecule has 0 spiro atoms. The fourth-order valence-electron chi connectivity index (χ4n) is 5.86. The van der Waals surface area contributed by atoms with E-state index in [1.165, 1.54) is 19.3 Å². The average molecular weight is 549 g/mol. The summed E-state index contributed by atoms with van der Waals surface area (Å²) in [6.07, 6.45) is 6.69. The second-order valence-corrected chi connectivity index (χ2v) is 12.0. The van der Waals surface area contributed by atoms with Gasteiger partial charge in [-0.15, -0.1) is 0 Å². The van der Waals surface area contributed by atoms with Gasteiger partial charge >= 0.3 is 6.09 Å². The summed E-state index contributed by atoms with van der Waals surface area (Å²) in [7, 11) is 0. The fourth-order valence-corrected chi connectivity index (χ4v) is 5.86. The number of hydrogen-bond donors (Lipinski definition) is 5. The number of nitrogens with one attached hydrogen (secondary N) is 4. The van der Waals surface area contributed by atoms with Crippen LogP contribution in [0.2, 0.25) is 0 Å². The lowest BCUT2D eigenvalue weighted by atomic mass is 9.80. The third-order valence-electron chi connectivity index (χ3n) is 8.63. The van der Waals surface area contributed by atoms with Crippen LogP contribution in [-0.4, -0.2) is 47.6 Å². The predicted octanol–water partition coefficient (Wildman–Crippen LogP) is 5.32. The van der Waals surface area contributed by atoms with E-state index < -0.39 is 11.9 Å². The molecule has 40 heavy (non-hydrogen) atoms. The third kappa shape index (κ3) is 5.88. The highest BCUT2D eigenvalue weighted by atomic mass is 16.4. The second-order valence-electron chi connectivity index (χ2n) is 12.0. The molecule has 2 fully saturated rings. The molecule has 214 valence electrons. The highest BCUT2D eigenvalue weighted by Gasteiger charge is 2.29. The average Bonchev–Trinajstić information content (AvgIpc) is 3.22. The predicted molar refractivity (Wildman–Crippen MR) is 155 cm³/mol. The molecule has 2 aliphatic carbocycles. The highest BCUT2D eigenvalue weighted by molar-refractivity contribution is 6.03. The minimum atomic E-state index is -1.35. The van der Waals surface area contributed by atoms with Gasteiger partial charge in [-0.05, 0) is 67.9 Å². The summed E-state index contributed by atoms with van der Waals surface area (Å²) in [5.74, 6) is 2.49. The van der Waals surface area contributed by atoms with Crippen LogP contribution >= 0.6 is 0 Å². The number of pyridine rings is 1. The quantitative estimate of drug-likeness (QED) is 0.188. The Labute approximate surface area is 233 Å². The van der Waals surface area contributed by atoms with Gasteiger partial charge in [-0.1, -0.05) is 40.0 Å². The molecule has 1 amide bonds. The molecule has 2 saturated carbocycles. The van der Waals surface area contributed by atoms with Crippen LogP contribution in [-0.2, 0) is 6.54 Å². The minimum absolute atomic E-state index is 0.0506. The molecule has 5 N–H and O–H groups in total. The molecule has 0 radical (unpaired) electrons. The van der Waals surface area contributed by atoms with E-state index in [4.69, 9.17) is 10.4 Å². The van der Waals surface area contributed by atoms with Gasteiger partial charge in [0.1, 0.15) is 5.52 Å². The summed E-state index contributed by atoms with van der Waals surface area (Å²) in [5, 5.41) is 23.1. The van der Waals surface area contributed by atoms with E-state index in [-0.39, 0.29) is 23.3 Å². The number of amides is 1. The van der Waals surface area contributed by atoms with Crippen LogP contribution in [0, 0.1) is 23.2 Å². The van der Waals surface area contributed by atoms with Crippen molar-refractivity contribution in [3.8, 4) is 11.5 Å². The number of fused-ring (bicyclic) bond motifs is 1. The number of anilines is 1. The van der Waals surface area contributed by atoms with E-state index in [2.05, 4.69) is 44.0 Å². The second kappa shape index (κ2) is 11.4. The summed E-state index contributed by atoms with van der Waals surface area (Å²) < 4.78 is 2.12. The largest absolute Gasteiger partial charge is 0.465 e. The third-order valence-corrected chi connectivity index (χ3v) is 8.63. The van der Waals surface area contributed by atoms with Gasteiger partial charge in [-0.25, -0.2) is 19.7 Å². The molecule has 3 aromatic rings. The molecule has 0 unspecified atom stereocenters. The Hall–Kier alpha value is -3.76. The van der Waals surface area contributed by atoms with Gasteiger partial charge in [0, 0.05) is 18.7 Å². The van der Waals surface area contributed by atoms with E-state index >= 15 is 0 Å². The molecule has 3 heterocycles. The van der Waals surface area contributed by atoms with Crippen LogP contribution in [0.5, 0.6) is 0 Å². The number of aromatic nitrogens is 5. The zero-order valence-electron chi connectivity index (χ0n) is 23.8. The lowest BCUT2D eigenvalue weighted by Gasteiger charge is -2.32. The van der Waals surface area contributed by atoms with Crippen molar-refractivity contribution in [1.82, 2.24) is 29.8 Å². The molecule has 0 saturated heterocycles. The monoisotopic (exact) mass is 548 g/mol. The summed E-state index contributed by atoms with van der Waals surface area (Å²) in [4.78, 5) is 41.1.